The Morgan fingerprint density at radius 1 is 1.43 bits per heavy atom. The minimum atomic E-state index is 0.0645. The molecule has 0 aliphatic rings. The fourth-order valence-electron chi connectivity index (χ4n) is 1.16. The molecular formula is C11H15ClOS. The number of hydrogen-bond acceptors (Lipinski definition) is 2. The van der Waals surface area contributed by atoms with Crippen molar-refractivity contribution in [3.05, 3.63) is 28.8 Å². The molecule has 1 nitrogen and oxygen atoms in total. The number of hydrogen-bond donors (Lipinski definition) is 1. The van der Waals surface area contributed by atoms with Gasteiger partial charge in [-0.3, -0.25) is 0 Å². The van der Waals surface area contributed by atoms with Crippen molar-refractivity contribution in [1.29, 1.82) is 0 Å². The lowest BCUT2D eigenvalue weighted by Crippen LogP contribution is -1.89. The second-order valence-electron chi connectivity index (χ2n) is 3.09. The number of thioether (sulfide) groups is 1. The summed E-state index contributed by atoms with van der Waals surface area (Å²) in [6.07, 6.45) is 2.37. The van der Waals surface area contributed by atoms with Crippen LogP contribution in [0.2, 0.25) is 5.02 Å². The van der Waals surface area contributed by atoms with Crippen molar-refractivity contribution in [2.45, 2.75) is 31.3 Å². The van der Waals surface area contributed by atoms with Crippen LogP contribution in [0.25, 0.3) is 0 Å². The van der Waals surface area contributed by atoms with Crippen LogP contribution in [0.1, 0.15) is 25.3 Å². The highest BCUT2D eigenvalue weighted by Gasteiger charge is 2.05. The average Bonchev–Trinajstić information content (AvgIpc) is 2.20. The van der Waals surface area contributed by atoms with Crippen molar-refractivity contribution in [3.8, 4) is 0 Å². The second kappa shape index (κ2) is 6.33. The van der Waals surface area contributed by atoms with Gasteiger partial charge in [0.15, 0.2) is 0 Å². The van der Waals surface area contributed by atoms with Gasteiger partial charge in [0, 0.05) is 4.90 Å². The van der Waals surface area contributed by atoms with Gasteiger partial charge in [-0.25, -0.2) is 0 Å². The molecule has 0 atom stereocenters. The van der Waals surface area contributed by atoms with E-state index in [0.29, 0.717) is 0 Å². The summed E-state index contributed by atoms with van der Waals surface area (Å²) in [4.78, 5) is 1.03. The van der Waals surface area contributed by atoms with Crippen LogP contribution in [0.15, 0.2) is 23.1 Å². The van der Waals surface area contributed by atoms with E-state index in [-0.39, 0.29) is 6.61 Å². The van der Waals surface area contributed by atoms with Gasteiger partial charge in [-0.15, -0.1) is 11.8 Å². The lowest BCUT2D eigenvalue weighted by molar-refractivity contribution is 0.279. The maximum absolute atomic E-state index is 9.13. The van der Waals surface area contributed by atoms with E-state index in [1.165, 1.54) is 12.8 Å². The molecule has 14 heavy (non-hydrogen) atoms. The predicted octanol–water partition coefficient (Wildman–Crippen LogP) is 3.72. The van der Waals surface area contributed by atoms with E-state index in [4.69, 9.17) is 16.7 Å². The molecule has 0 bridgehead atoms. The van der Waals surface area contributed by atoms with Gasteiger partial charge in [0.1, 0.15) is 0 Å². The fraction of sp³-hybridized carbons (Fsp3) is 0.455. The quantitative estimate of drug-likeness (QED) is 0.615. The number of aliphatic hydroxyl groups excluding tert-OH is 1. The first-order chi connectivity index (χ1) is 6.79. The molecule has 0 radical (unpaired) electrons. The normalized spacial score (nSPS) is 10.5. The molecule has 0 saturated heterocycles. The third-order valence-corrected chi connectivity index (χ3v) is 3.65. The molecule has 0 spiro atoms. The Morgan fingerprint density at radius 2 is 2.21 bits per heavy atom. The molecule has 0 saturated carbocycles. The largest absolute Gasteiger partial charge is 0.392 e. The van der Waals surface area contributed by atoms with Crippen LogP contribution in [-0.4, -0.2) is 10.9 Å². The standard InChI is InChI=1S/C11H15ClOS/c1-2-3-7-14-11-9(8-13)5-4-6-10(11)12/h4-6,13H,2-3,7-8H2,1H3. The van der Waals surface area contributed by atoms with Gasteiger partial charge in [-0.05, 0) is 23.8 Å². The second-order valence-corrected chi connectivity index (χ2v) is 4.60. The lowest BCUT2D eigenvalue weighted by Gasteiger charge is -2.08. The van der Waals surface area contributed by atoms with Crippen molar-refractivity contribution in [3.63, 3.8) is 0 Å². The van der Waals surface area contributed by atoms with E-state index in [2.05, 4.69) is 6.92 Å². The van der Waals surface area contributed by atoms with Crippen molar-refractivity contribution in [2.75, 3.05) is 5.75 Å². The maximum Gasteiger partial charge on any atom is 0.0693 e. The topological polar surface area (TPSA) is 20.2 Å². The van der Waals surface area contributed by atoms with Gasteiger partial charge in [0.25, 0.3) is 0 Å². The summed E-state index contributed by atoms with van der Waals surface area (Å²) in [5.74, 6) is 1.06. The molecule has 1 aromatic carbocycles. The summed E-state index contributed by atoms with van der Waals surface area (Å²) in [5.41, 5.74) is 0.929. The number of unbranched alkanes of at least 4 members (excludes halogenated alkanes) is 1. The van der Waals surface area contributed by atoms with Crippen LogP contribution in [0.3, 0.4) is 0 Å². The van der Waals surface area contributed by atoms with E-state index in [9.17, 15) is 0 Å². The lowest BCUT2D eigenvalue weighted by atomic mass is 10.2. The zero-order valence-electron chi connectivity index (χ0n) is 8.29. The van der Waals surface area contributed by atoms with Crippen LogP contribution < -0.4 is 0 Å². The Kier molecular flexibility index (Phi) is 5.38. The van der Waals surface area contributed by atoms with Crippen LogP contribution in [0, 0.1) is 0 Å². The molecule has 0 aromatic heterocycles. The Bertz CT molecular complexity index is 289. The van der Waals surface area contributed by atoms with E-state index in [1.54, 1.807) is 11.8 Å². The number of benzene rings is 1. The van der Waals surface area contributed by atoms with Crippen molar-refractivity contribution < 1.29 is 5.11 Å². The van der Waals surface area contributed by atoms with Gasteiger partial charge in [-0.1, -0.05) is 37.1 Å². The van der Waals surface area contributed by atoms with Gasteiger partial charge >= 0.3 is 0 Å². The van der Waals surface area contributed by atoms with Gasteiger partial charge in [0.05, 0.1) is 11.6 Å². The smallest absolute Gasteiger partial charge is 0.0693 e. The molecule has 1 rings (SSSR count). The molecule has 1 aromatic rings. The Labute approximate surface area is 94.5 Å². The number of rotatable bonds is 5. The molecule has 78 valence electrons. The van der Waals surface area contributed by atoms with Crippen LogP contribution >= 0.6 is 23.4 Å². The molecule has 0 aliphatic carbocycles. The van der Waals surface area contributed by atoms with Crippen molar-refractivity contribution >= 4 is 23.4 Å². The Hall–Kier alpha value is -0.180. The highest BCUT2D eigenvalue weighted by Crippen LogP contribution is 2.31. The van der Waals surface area contributed by atoms with Gasteiger partial charge < -0.3 is 5.11 Å². The number of aliphatic hydroxyl groups is 1. The minimum absolute atomic E-state index is 0.0645. The zero-order valence-corrected chi connectivity index (χ0v) is 9.87. The Morgan fingerprint density at radius 3 is 2.86 bits per heavy atom. The first-order valence-corrected chi connectivity index (χ1v) is 6.17. The van der Waals surface area contributed by atoms with Crippen molar-refractivity contribution in [2.24, 2.45) is 0 Å². The summed E-state index contributed by atoms with van der Waals surface area (Å²) in [5, 5.41) is 9.88. The van der Waals surface area contributed by atoms with Gasteiger partial charge in [-0.2, -0.15) is 0 Å². The SMILES string of the molecule is CCCCSc1c(Cl)cccc1CO. The van der Waals surface area contributed by atoms with Crippen molar-refractivity contribution in [1.82, 2.24) is 0 Å². The monoisotopic (exact) mass is 230 g/mol. The van der Waals surface area contributed by atoms with Crippen LogP contribution in [0.5, 0.6) is 0 Å². The maximum atomic E-state index is 9.13. The third-order valence-electron chi connectivity index (χ3n) is 1.96. The highest BCUT2D eigenvalue weighted by molar-refractivity contribution is 7.99. The third kappa shape index (κ3) is 3.19. The summed E-state index contributed by atoms with van der Waals surface area (Å²) in [6, 6.07) is 5.66. The number of halogens is 1. The first kappa shape index (κ1) is 11.9. The molecule has 0 aliphatic heterocycles. The summed E-state index contributed by atoms with van der Waals surface area (Å²) in [6.45, 7) is 2.23. The molecule has 0 heterocycles. The Balaban J connectivity index is 2.72. The zero-order chi connectivity index (χ0) is 10.4. The molecule has 0 fully saturated rings. The molecular weight excluding hydrogens is 216 g/mol. The minimum Gasteiger partial charge on any atom is -0.392 e. The van der Waals surface area contributed by atoms with E-state index >= 15 is 0 Å². The molecule has 3 heteroatoms. The van der Waals surface area contributed by atoms with E-state index < -0.39 is 0 Å². The molecule has 1 N–H and O–H groups in total. The highest BCUT2D eigenvalue weighted by atomic mass is 35.5. The summed E-state index contributed by atoms with van der Waals surface area (Å²) in [7, 11) is 0. The first-order valence-electron chi connectivity index (χ1n) is 4.80. The van der Waals surface area contributed by atoms with E-state index in [0.717, 1.165) is 21.2 Å². The van der Waals surface area contributed by atoms with Crippen LogP contribution in [0.4, 0.5) is 0 Å². The predicted molar refractivity (Wildman–Crippen MR) is 63.0 cm³/mol. The summed E-state index contributed by atoms with van der Waals surface area (Å²) >= 11 is 7.79. The van der Waals surface area contributed by atoms with E-state index in [1.807, 2.05) is 18.2 Å². The van der Waals surface area contributed by atoms with Crippen LogP contribution in [-0.2, 0) is 6.61 Å². The fourth-order valence-corrected chi connectivity index (χ4v) is 2.68. The average molecular weight is 231 g/mol. The summed E-state index contributed by atoms with van der Waals surface area (Å²) < 4.78 is 0. The molecule has 0 unspecified atom stereocenters. The van der Waals surface area contributed by atoms with Gasteiger partial charge in [0.2, 0.25) is 0 Å². The molecule has 0 amide bonds.